The quantitative estimate of drug-likeness (QED) is 0.658. The Morgan fingerprint density at radius 3 is 2.47 bits per heavy atom. The first-order valence-corrected chi connectivity index (χ1v) is 5.54. The van der Waals surface area contributed by atoms with Gasteiger partial charge in [0.1, 0.15) is 0 Å². The van der Waals surface area contributed by atoms with Crippen molar-refractivity contribution >= 4 is 5.91 Å². The Morgan fingerprint density at radius 1 is 1.47 bits per heavy atom. The van der Waals surface area contributed by atoms with E-state index >= 15 is 0 Å². The van der Waals surface area contributed by atoms with Crippen LogP contribution in [0.1, 0.15) is 33.1 Å². The Hall–Kier alpha value is -0.610. The van der Waals surface area contributed by atoms with E-state index in [1.54, 1.807) is 7.11 Å². The molecule has 4 heteroatoms. The molecule has 0 aliphatic carbocycles. The van der Waals surface area contributed by atoms with Crippen LogP contribution in [0.15, 0.2) is 0 Å². The van der Waals surface area contributed by atoms with Gasteiger partial charge >= 0.3 is 0 Å². The predicted octanol–water partition coefficient (Wildman–Crippen LogP) is 0.997. The second kappa shape index (κ2) is 7.65. The lowest BCUT2D eigenvalue weighted by atomic mass is 10.1. The number of carbonyl (C=O) groups excluding carboxylic acids is 1. The third-order valence-corrected chi connectivity index (χ3v) is 2.82. The summed E-state index contributed by atoms with van der Waals surface area (Å²) in [6.07, 6.45) is 2.71. The molecule has 0 rings (SSSR count). The summed E-state index contributed by atoms with van der Waals surface area (Å²) in [5.41, 5.74) is 5.38. The number of hydrogen-bond donors (Lipinski definition) is 1. The number of likely N-dealkylation sites (N-methyl/N-ethyl adjacent to an activating group) is 1. The summed E-state index contributed by atoms with van der Waals surface area (Å²) in [5, 5.41) is 0. The molecule has 90 valence electrons. The number of carbonyl (C=O) groups is 1. The Kier molecular flexibility index (Phi) is 7.34. The summed E-state index contributed by atoms with van der Waals surface area (Å²) in [4.78, 5) is 13.3. The minimum absolute atomic E-state index is 0.151. The smallest absolute Gasteiger partial charge is 0.234 e. The van der Waals surface area contributed by atoms with E-state index in [-0.39, 0.29) is 11.9 Å². The van der Waals surface area contributed by atoms with Crippen LogP contribution < -0.4 is 5.73 Å². The first-order valence-electron chi connectivity index (χ1n) is 5.54. The number of amides is 1. The lowest BCUT2D eigenvalue weighted by Gasteiger charge is -2.30. The van der Waals surface area contributed by atoms with Crippen molar-refractivity contribution in [2.75, 3.05) is 20.8 Å². The van der Waals surface area contributed by atoms with E-state index < -0.39 is 0 Å². The van der Waals surface area contributed by atoms with Crippen LogP contribution in [0.25, 0.3) is 0 Å². The minimum atomic E-state index is -0.233. The van der Waals surface area contributed by atoms with Crippen LogP contribution in [0, 0.1) is 0 Å². The Bertz CT molecular complexity index is 185. The first-order chi connectivity index (χ1) is 7.04. The lowest BCUT2D eigenvalue weighted by Crippen LogP contribution is -2.46. The monoisotopic (exact) mass is 216 g/mol. The van der Waals surface area contributed by atoms with Crippen LogP contribution in [0.2, 0.25) is 0 Å². The topological polar surface area (TPSA) is 55.6 Å². The zero-order chi connectivity index (χ0) is 11.8. The molecule has 0 bridgehead atoms. The molecule has 0 saturated heterocycles. The van der Waals surface area contributed by atoms with Gasteiger partial charge in [0.25, 0.3) is 0 Å². The average Bonchev–Trinajstić information content (AvgIpc) is 2.21. The molecule has 0 fully saturated rings. The van der Waals surface area contributed by atoms with Crippen LogP contribution in [0.5, 0.6) is 0 Å². The molecule has 0 heterocycles. The molecular formula is C11H24N2O2. The van der Waals surface area contributed by atoms with Crippen LogP contribution in [0.4, 0.5) is 0 Å². The maximum atomic E-state index is 11.3. The number of primary amides is 1. The van der Waals surface area contributed by atoms with Crippen molar-refractivity contribution in [3.63, 3.8) is 0 Å². The zero-order valence-electron chi connectivity index (χ0n) is 10.3. The van der Waals surface area contributed by atoms with Crippen LogP contribution in [0.3, 0.4) is 0 Å². The van der Waals surface area contributed by atoms with Crippen molar-refractivity contribution in [1.82, 2.24) is 4.90 Å². The van der Waals surface area contributed by atoms with Gasteiger partial charge in [0.05, 0.1) is 6.04 Å². The average molecular weight is 216 g/mol. The van der Waals surface area contributed by atoms with Crippen LogP contribution in [-0.4, -0.2) is 43.7 Å². The second-order valence-electron chi connectivity index (χ2n) is 4.00. The van der Waals surface area contributed by atoms with Gasteiger partial charge in [-0.15, -0.1) is 0 Å². The number of nitrogens with zero attached hydrogens (tertiary/aromatic N) is 1. The number of hydrogen-bond acceptors (Lipinski definition) is 3. The van der Waals surface area contributed by atoms with Crippen LogP contribution >= 0.6 is 0 Å². The Balaban J connectivity index is 4.21. The fraction of sp³-hybridized carbons (Fsp3) is 0.909. The number of ether oxygens (including phenoxy) is 1. The fourth-order valence-electron chi connectivity index (χ4n) is 1.62. The summed E-state index contributed by atoms with van der Waals surface area (Å²) < 4.78 is 5.02. The first kappa shape index (κ1) is 14.4. The summed E-state index contributed by atoms with van der Waals surface area (Å²) in [6.45, 7) is 4.86. The van der Waals surface area contributed by atoms with Crippen molar-refractivity contribution < 1.29 is 9.53 Å². The van der Waals surface area contributed by atoms with E-state index in [9.17, 15) is 4.79 Å². The maximum Gasteiger partial charge on any atom is 0.234 e. The fourth-order valence-corrected chi connectivity index (χ4v) is 1.62. The highest BCUT2D eigenvalue weighted by Crippen LogP contribution is 2.11. The van der Waals surface area contributed by atoms with E-state index in [1.807, 2.05) is 11.9 Å². The zero-order valence-corrected chi connectivity index (χ0v) is 10.3. The van der Waals surface area contributed by atoms with Gasteiger partial charge in [0, 0.05) is 19.8 Å². The molecule has 0 aliphatic heterocycles. The molecule has 1 amide bonds. The van der Waals surface area contributed by atoms with Crippen molar-refractivity contribution in [2.24, 2.45) is 5.73 Å². The van der Waals surface area contributed by atoms with Gasteiger partial charge in [-0.05, 0) is 26.8 Å². The molecule has 0 aromatic rings. The third-order valence-electron chi connectivity index (χ3n) is 2.82. The van der Waals surface area contributed by atoms with Crippen molar-refractivity contribution in [1.29, 1.82) is 0 Å². The molecule has 0 aromatic carbocycles. The molecular weight excluding hydrogens is 192 g/mol. The van der Waals surface area contributed by atoms with Gasteiger partial charge in [-0.3, -0.25) is 9.69 Å². The van der Waals surface area contributed by atoms with Crippen molar-refractivity contribution in [2.45, 2.75) is 45.2 Å². The van der Waals surface area contributed by atoms with Gasteiger partial charge in [-0.1, -0.05) is 13.3 Å². The van der Waals surface area contributed by atoms with E-state index in [0.717, 1.165) is 19.3 Å². The summed E-state index contributed by atoms with van der Waals surface area (Å²) in [5.74, 6) is -0.233. The molecule has 0 radical (unpaired) electrons. The standard InChI is InChI=1S/C11H24N2O2/c1-5-6-10(11(12)14)13(3)9(2)7-8-15-4/h9-10H,5-8H2,1-4H3,(H2,12,14). The summed E-state index contributed by atoms with van der Waals surface area (Å²) in [6, 6.07) is 0.163. The van der Waals surface area contributed by atoms with E-state index in [4.69, 9.17) is 10.5 Å². The molecule has 4 nitrogen and oxygen atoms in total. The SMILES string of the molecule is CCCC(C(N)=O)N(C)C(C)CCOC. The number of methoxy groups -OCH3 is 1. The molecule has 2 atom stereocenters. The number of rotatable bonds is 8. The van der Waals surface area contributed by atoms with Crippen molar-refractivity contribution in [3.05, 3.63) is 0 Å². The predicted molar refractivity (Wildman–Crippen MR) is 61.6 cm³/mol. The van der Waals surface area contributed by atoms with Gasteiger partial charge < -0.3 is 10.5 Å². The van der Waals surface area contributed by atoms with Gasteiger partial charge in [-0.25, -0.2) is 0 Å². The van der Waals surface area contributed by atoms with Gasteiger partial charge in [-0.2, -0.15) is 0 Å². The molecule has 0 aliphatic rings. The Morgan fingerprint density at radius 2 is 2.07 bits per heavy atom. The van der Waals surface area contributed by atoms with Gasteiger partial charge in [0.15, 0.2) is 0 Å². The minimum Gasteiger partial charge on any atom is -0.385 e. The molecule has 0 spiro atoms. The van der Waals surface area contributed by atoms with Gasteiger partial charge in [0.2, 0.25) is 5.91 Å². The molecule has 2 N–H and O–H groups in total. The largest absolute Gasteiger partial charge is 0.385 e. The molecule has 0 saturated carbocycles. The van der Waals surface area contributed by atoms with E-state index in [1.165, 1.54) is 0 Å². The van der Waals surface area contributed by atoms with E-state index in [2.05, 4.69) is 13.8 Å². The van der Waals surface area contributed by atoms with Crippen LogP contribution in [-0.2, 0) is 9.53 Å². The maximum absolute atomic E-state index is 11.3. The van der Waals surface area contributed by atoms with E-state index in [0.29, 0.717) is 12.6 Å². The number of nitrogens with two attached hydrogens (primary N) is 1. The lowest BCUT2D eigenvalue weighted by molar-refractivity contribution is -0.123. The normalized spacial score (nSPS) is 15.3. The third kappa shape index (κ3) is 5.14. The molecule has 15 heavy (non-hydrogen) atoms. The highest BCUT2D eigenvalue weighted by Gasteiger charge is 2.23. The highest BCUT2D eigenvalue weighted by atomic mass is 16.5. The Labute approximate surface area is 92.8 Å². The second-order valence-corrected chi connectivity index (χ2v) is 4.00. The molecule has 0 aromatic heterocycles. The highest BCUT2D eigenvalue weighted by molar-refractivity contribution is 5.79. The molecule has 2 unspecified atom stereocenters. The summed E-state index contributed by atoms with van der Waals surface area (Å²) >= 11 is 0. The van der Waals surface area contributed by atoms with Crippen molar-refractivity contribution in [3.8, 4) is 0 Å². The summed E-state index contributed by atoms with van der Waals surface area (Å²) in [7, 11) is 3.63.